The topological polar surface area (TPSA) is 35.6 Å². The molecule has 0 amide bonds. The van der Waals surface area contributed by atoms with Gasteiger partial charge in [0, 0.05) is 39.9 Å². The maximum Gasteiger partial charge on any atom is 0.146 e. The van der Waals surface area contributed by atoms with E-state index in [1.807, 2.05) is 24.5 Å². The van der Waals surface area contributed by atoms with Crippen LogP contribution in [-0.4, -0.2) is 19.1 Å². The lowest BCUT2D eigenvalue weighted by Crippen LogP contribution is -1.96. The third-order valence-corrected chi connectivity index (χ3v) is 7.42. The van der Waals surface area contributed by atoms with Gasteiger partial charge in [0.25, 0.3) is 0 Å². The summed E-state index contributed by atoms with van der Waals surface area (Å²) in [6.07, 6.45) is 3.66. The fraction of sp³-hybridized carbons (Fsp3) is 0. The second-order valence-electron chi connectivity index (χ2n) is 9.55. The number of rotatable bonds is 3. The van der Waals surface area contributed by atoms with Gasteiger partial charge in [0.2, 0.25) is 0 Å². The predicted molar refractivity (Wildman–Crippen MR) is 156 cm³/mol. The summed E-state index contributed by atoms with van der Waals surface area (Å²) in [6, 6.07) is 42.8. The Labute approximate surface area is 219 Å². The highest BCUT2D eigenvalue weighted by Gasteiger charge is 2.19. The molecule has 0 aliphatic heterocycles. The van der Waals surface area contributed by atoms with E-state index in [-0.39, 0.29) is 0 Å². The minimum atomic E-state index is 0.964. The Morgan fingerprint density at radius 1 is 0.447 bits per heavy atom. The molecule has 0 aliphatic rings. The average molecular weight is 487 g/mol. The van der Waals surface area contributed by atoms with E-state index in [1.54, 1.807) is 0 Å². The highest BCUT2D eigenvalue weighted by molar-refractivity contribution is 6.15. The van der Waals surface area contributed by atoms with Gasteiger partial charge >= 0.3 is 0 Å². The summed E-state index contributed by atoms with van der Waals surface area (Å²) in [5.74, 6) is 0. The average Bonchev–Trinajstić information content (AvgIpc) is 3.49. The van der Waals surface area contributed by atoms with Gasteiger partial charge in [-0.2, -0.15) is 0 Å². The Morgan fingerprint density at radius 2 is 1.05 bits per heavy atom. The first kappa shape index (κ1) is 20.9. The van der Waals surface area contributed by atoms with Crippen molar-refractivity contribution in [2.24, 2.45) is 0 Å². The van der Waals surface area contributed by atoms with E-state index in [1.165, 1.54) is 5.39 Å². The molecule has 0 unspecified atom stereocenters. The summed E-state index contributed by atoms with van der Waals surface area (Å²) < 4.78 is 4.61. The molecule has 8 rings (SSSR count). The minimum absolute atomic E-state index is 0.964. The normalized spacial score (nSPS) is 11.7. The first-order chi connectivity index (χ1) is 18.9. The molecule has 4 aromatic heterocycles. The van der Waals surface area contributed by atoms with Gasteiger partial charge in [0.15, 0.2) is 0 Å². The van der Waals surface area contributed by atoms with Gasteiger partial charge < -0.3 is 4.57 Å². The van der Waals surface area contributed by atoms with Gasteiger partial charge in [0.05, 0.1) is 22.1 Å². The number of nitrogens with zero attached hydrogens (tertiary/aromatic N) is 4. The number of aromatic nitrogens is 4. The van der Waals surface area contributed by atoms with Crippen LogP contribution in [0.2, 0.25) is 0 Å². The van der Waals surface area contributed by atoms with Crippen LogP contribution < -0.4 is 0 Å². The highest BCUT2D eigenvalue weighted by atomic mass is 15.1. The maximum atomic E-state index is 5.38. The number of hydrogen-bond acceptors (Lipinski definition) is 2. The lowest BCUT2D eigenvalue weighted by molar-refractivity contribution is 1.14. The number of fused-ring (bicyclic) bond motifs is 6. The largest absolute Gasteiger partial charge is 0.308 e. The molecular formula is C34H22N4. The van der Waals surface area contributed by atoms with Gasteiger partial charge in [0.1, 0.15) is 5.65 Å². The van der Waals surface area contributed by atoms with Crippen LogP contribution in [0.5, 0.6) is 0 Å². The Bertz CT molecular complexity index is 2100. The first-order valence-electron chi connectivity index (χ1n) is 12.8. The highest BCUT2D eigenvalue weighted by Crippen LogP contribution is 2.37. The van der Waals surface area contributed by atoms with Crippen molar-refractivity contribution in [2.45, 2.75) is 0 Å². The Balaban J connectivity index is 1.44. The van der Waals surface area contributed by atoms with Gasteiger partial charge in [-0.3, -0.25) is 9.55 Å². The molecule has 4 heteroatoms. The van der Waals surface area contributed by atoms with Crippen LogP contribution in [0.25, 0.3) is 66.4 Å². The van der Waals surface area contributed by atoms with E-state index >= 15 is 0 Å². The molecule has 38 heavy (non-hydrogen) atoms. The second kappa shape index (κ2) is 8.15. The molecule has 8 aromatic rings. The van der Waals surface area contributed by atoms with E-state index < -0.39 is 0 Å². The lowest BCUT2D eigenvalue weighted by atomic mass is 10.1. The SMILES string of the molecule is c1ccc(-n2c3ccccc3c3nc4c(cc32)c2ccccc2n4-c2ccc(-c3ccncc3)cc2)cc1. The fourth-order valence-electron chi connectivity index (χ4n) is 5.70. The van der Waals surface area contributed by atoms with Crippen molar-refractivity contribution in [3.8, 4) is 22.5 Å². The second-order valence-corrected chi connectivity index (χ2v) is 9.55. The molecule has 0 atom stereocenters. The molecular weight excluding hydrogens is 464 g/mol. The molecule has 0 N–H and O–H groups in total. The van der Waals surface area contributed by atoms with Crippen LogP contribution in [0, 0.1) is 0 Å². The predicted octanol–water partition coefficient (Wildman–Crippen LogP) is 8.34. The van der Waals surface area contributed by atoms with Gasteiger partial charge in [-0.05, 0) is 65.7 Å². The van der Waals surface area contributed by atoms with E-state index in [0.29, 0.717) is 0 Å². The summed E-state index contributed by atoms with van der Waals surface area (Å²) in [6.45, 7) is 0. The van der Waals surface area contributed by atoms with Crippen LogP contribution in [0.4, 0.5) is 0 Å². The van der Waals surface area contributed by atoms with Gasteiger partial charge in [-0.15, -0.1) is 0 Å². The van der Waals surface area contributed by atoms with Gasteiger partial charge in [-0.1, -0.05) is 66.7 Å². The Morgan fingerprint density at radius 3 is 1.82 bits per heavy atom. The van der Waals surface area contributed by atoms with E-state index in [0.717, 1.165) is 61.0 Å². The van der Waals surface area contributed by atoms with Crippen molar-refractivity contribution < 1.29 is 0 Å². The molecule has 0 fully saturated rings. The minimum Gasteiger partial charge on any atom is -0.308 e. The standard InChI is InChI=1S/C34H22N4/c1-2-8-25(9-3-1)37-31-13-7-5-11-28(31)33-32(37)22-29-27-10-4-6-12-30(27)38(34(29)36-33)26-16-14-23(15-17-26)24-18-20-35-21-19-24/h1-22H. The molecule has 0 radical (unpaired) electrons. The van der Waals surface area contributed by atoms with E-state index in [9.17, 15) is 0 Å². The van der Waals surface area contributed by atoms with Crippen molar-refractivity contribution >= 4 is 43.9 Å². The summed E-state index contributed by atoms with van der Waals surface area (Å²) in [5, 5.41) is 3.49. The third-order valence-electron chi connectivity index (χ3n) is 7.42. The summed E-state index contributed by atoms with van der Waals surface area (Å²) in [4.78, 5) is 9.53. The van der Waals surface area contributed by atoms with Crippen molar-refractivity contribution in [3.63, 3.8) is 0 Å². The van der Waals surface area contributed by atoms with E-state index in [4.69, 9.17) is 4.98 Å². The molecule has 0 bridgehead atoms. The summed E-state index contributed by atoms with van der Waals surface area (Å²) in [7, 11) is 0. The van der Waals surface area contributed by atoms with Crippen LogP contribution in [-0.2, 0) is 0 Å². The molecule has 0 aliphatic carbocycles. The Hall–Kier alpha value is -5.22. The van der Waals surface area contributed by atoms with Crippen molar-refractivity contribution in [1.29, 1.82) is 0 Å². The molecule has 4 nitrogen and oxygen atoms in total. The smallest absolute Gasteiger partial charge is 0.146 e. The quantitative estimate of drug-likeness (QED) is 0.252. The molecule has 4 heterocycles. The summed E-state index contributed by atoms with van der Waals surface area (Å²) in [5.41, 5.74) is 9.94. The monoisotopic (exact) mass is 486 g/mol. The molecule has 0 saturated carbocycles. The third kappa shape index (κ3) is 3.04. The molecule has 4 aromatic carbocycles. The Kier molecular flexibility index (Phi) is 4.49. The maximum absolute atomic E-state index is 5.38. The zero-order valence-corrected chi connectivity index (χ0v) is 20.5. The number of para-hydroxylation sites is 3. The van der Waals surface area contributed by atoms with Crippen molar-refractivity contribution in [2.75, 3.05) is 0 Å². The van der Waals surface area contributed by atoms with Crippen molar-refractivity contribution in [3.05, 3.63) is 134 Å². The molecule has 0 spiro atoms. The number of hydrogen-bond donors (Lipinski definition) is 0. The first-order valence-corrected chi connectivity index (χ1v) is 12.8. The zero-order chi connectivity index (χ0) is 25.1. The fourth-order valence-corrected chi connectivity index (χ4v) is 5.70. The van der Waals surface area contributed by atoms with E-state index in [2.05, 4.69) is 123 Å². The number of benzene rings is 4. The lowest BCUT2D eigenvalue weighted by Gasteiger charge is -2.09. The molecule has 0 saturated heterocycles. The van der Waals surface area contributed by atoms with Crippen LogP contribution >= 0.6 is 0 Å². The van der Waals surface area contributed by atoms with Crippen LogP contribution in [0.3, 0.4) is 0 Å². The summed E-state index contributed by atoms with van der Waals surface area (Å²) >= 11 is 0. The van der Waals surface area contributed by atoms with Gasteiger partial charge in [-0.25, -0.2) is 4.98 Å². The van der Waals surface area contributed by atoms with Crippen molar-refractivity contribution in [1.82, 2.24) is 19.1 Å². The molecule has 178 valence electrons. The zero-order valence-electron chi connectivity index (χ0n) is 20.5. The number of pyridine rings is 2. The van der Waals surface area contributed by atoms with Crippen LogP contribution in [0.1, 0.15) is 0 Å². The van der Waals surface area contributed by atoms with Crippen LogP contribution in [0.15, 0.2) is 134 Å².